The van der Waals surface area contributed by atoms with Crippen molar-refractivity contribution in [2.45, 2.75) is 39.3 Å². The molecule has 1 rings (SSSR count). The number of rotatable bonds is 6. The maximum Gasteiger partial charge on any atom is 0.209 e. The van der Waals surface area contributed by atoms with E-state index in [1.54, 1.807) is 4.68 Å². The van der Waals surface area contributed by atoms with Gasteiger partial charge in [0.15, 0.2) is 0 Å². The van der Waals surface area contributed by atoms with Gasteiger partial charge in [0.05, 0.1) is 11.9 Å². The van der Waals surface area contributed by atoms with Gasteiger partial charge in [-0.3, -0.25) is 4.68 Å². The topological polar surface area (TPSA) is 76.0 Å². The van der Waals surface area contributed by atoms with Crippen molar-refractivity contribution < 1.29 is 8.42 Å². The van der Waals surface area contributed by atoms with Crippen molar-refractivity contribution in [2.24, 2.45) is 7.05 Å². The highest BCUT2D eigenvalue weighted by molar-refractivity contribution is 7.88. The van der Waals surface area contributed by atoms with Crippen LogP contribution in [0.15, 0.2) is 6.20 Å². The van der Waals surface area contributed by atoms with Crippen LogP contribution in [0, 0.1) is 6.92 Å². The van der Waals surface area contributed by atoms with Crippen molar-refractivity contribution >= 4 is 10.0 Å². The van der Waals surface area contributed by atoms with Gasteiger partial charge in [0.25, 0.3) is 0 Å². The van der Waals surface area contributed by atoms with E-state index in [1.807, 2.05) is 40.9 Å². The molecule has 1 aromatic rings. The molecule has 19 heavy (non-hydrogen) atoms. The second kappa shape index (κ2) is 5.60. The molecular formula is C12H24N4O2S. The van der Waals surface area contributed by atoms with Crippen molar-refractivity contribution in [3.8, 4) is 0 Å². The Bertz CT molecular complexity index is 534. The minimum absolute atomic E-state index is 0.120. The van der Waals surface area contributed by atoms with Crippen LogP contribution < -0.4 is 10.0 Å². The Morgan fingerprint density at radius 1 is 1.47 bits per heavy atom. The third kappa shape index (κ3) is 5.30. The van der Waals surface area contributed by atoms with Crippen molar-refractivity contribution in [1.82, 2.24) is 19.8 Å². The SMILES string of the molecule is Cc1nn(C)cc1C(C)NCC(C)(C)NS(C)(=O)=O. The van der Waals surface area contributed by atoms with Crippen LogP contribution in [0.25, 0.3) is 0 Å². The summed E-state index contributed by atoms with van der Waals surface area (Å²) in [5, 5.41) is 7.64. The summed E-state index contributed by atoms with van der Waals surface area (Å²) in [6.45, 7) is 8.25. The zero-order valence-electron chi connectivity index (χ0n) is 12.5. The number of sulfonamides is 1. The minimum Gasteiger partial charge on any atom is -0.308 e. The van der Waals surface area contributed by atoms with Gasteiger partial charge in [-0.25, -0.2) is 13.1 Å². The zero-order valence-corrected chi connectivity index (χ0v) is 13.3. The highest BCUT2D eigenvalue weighted by Gasteiger charge is 2.23. The molecule has 0 amide bonds. The van der Waals surface area contributed by atoms with Crippen LogP contribution in [0.3, 0.4) is 0 Å². The van der Waals surface area contributed by atoms with E-state index in [0.29, 0.717) is 6.54 Å². The first-order chi connectivity index (χ1) is 8.50. The van der Waals surface area contributed by atoms with Gasteiger partial charge in [-0.15, -0.1) is 0 Å². The van der Waals surface area contributed by atoms with E-state index in [1.165, 1.54) is 6.26 Å². The fraction of sp³-hybridized carbons (Fsp3) is 0.750. The standard InChI is InChI=1S/C12H24N4O2S/c1-9(11-7-16(5)14-10(11)2)13-8-12(3,4)15-19(6,17)18/h7,9,13,15H,8H2,1-6H3. The van der Waals surface area contributed by atoms with Gasteiger partial charge < -0.3 is 5.32 Å². The van der Waals surface area contributed by atoms with Crippen molar-refractivity contribution in [3.05, 3.63) is 17.5 Å². The van der Waals surface area contributed by atoms with Crippen LogP contribution in [-0.4, -0.2) is 36.5 Å². The summed E-state index contributed by atoms with van der Waals surface area (Å²) in [4.78, 5) is 0. The summed E-state index contributed by atoms with van der Waals surface area (Å²) in [5.41, 5.74) is 1.58. The lowest BCUT2D eigenvalue weighted by Gasteiger charge is -2.27. The van der Waals surface area contributed by atoms with Gasteiger partial charge >= 0.3 is 0 Å². The number of aryl methyl sites for hydroxylation is 2. The van der Waals surface area contributed by atoms with Crippen LogP contribution in [0.4, 0.5) is 0 Å². The molecule has 0 radical (unpaired) electrons. The highest BCUT2D eigenvalue weighted by Crippen LogP contribution is 2.16. The average Bonchev–Trinajstić information content (AvgIpc) is 2.51. The van der Waals surface area contributed by atoms with Gasteiger partial charge in [0.1, 0.15) is 0 Å². The van der Waals surface area contributed by atoms with Crippen molar-refractivity contribution in [1.29, 1.82) is 0 Å². The van der Waals surface area contributed by atoms with E-state index in [-0.39, 0.29) is 6.04 Å². The van der Waals surface area contributed by atoms with Crippen molar-refractivity contribution in [3.63, 3.8) is 0 Å². The first kappa shape index (κ1) is 16.1. The molecule has 0 aliphatic carbocycles. The minimum atomic E-state index is -3.20. The molecule has 0 aliphatic rings. The normalized spacial score (nSPS) is 14.6. The van der Waals surface area contributed by atoms with Crippen LogP contribution in [-0.2, 0) is 17.1 Å². The summed E-state index contributed by atoms with van der Waals surface area (Å²) < 4.78 is 26.9. The Labute approximate surface area is 115 Å². The third-order valence-corrected chi connectivity index (χ3v) is 3.75. The molecule has 0 aromatic carbocycles. The molecule has 110 valence electrons. The Kier molecular flexibility index (Phi) is 4.76. The van der Waals surface area contributed by atoms with E-state index in [2.05, 4.69) is 15.1 Å². The van der Waals surface area contributed by atoms with Gasteiger partial charge in [-0.1, -0.05) is 0 Å². The van der Waals surface area contributed by atoms with Gasteiger partial charge in [0, 0.05) is 36.9 Å². The molecule has 1 unspecified atom stereocenters. The molecule has 0 saturated heterocycles. The molecule has 1 aromatic heterocycles. The predicted molar refractivity (Wildman–Crippen MR) is 76.4 cm³/mol. The van der Waals surface area contributed by atoms with E-state index in [4.69, 9.17) is 0 Å². The Morgan fingerprint density at radius 3 is 2.47 bits per heavy atom. The molecule has 0 saturated carbocycles. The van der Waals surface area contributed by atoms with Crippen LogP contribution in [0.2, 0.25) is 0 Å². The molecule has 0 bridgehead atoms. The summed E-state index contributed by atoms with van der Waals surface area (Å²) in [7, 11) is -1.32. The lowest BCUT2D eigenvalue weighted by atomic mass is 10.1. The average molecular weight is 288 g/mol. The maximum absolute atomic E-state index is 11.3. The Hall–Kier alpha value is -0.920. The molecular weight excluding hydrogens is 264 g/mol. The molecule has 0 spiro atoms. The molecule has 2 N–H and O–H groups in total. The zero-order chi connectivity index (χ0) is 14.8. The monoisotopic (exact) mass is 288 g/mol. The molecule has 1 heterocycles. The highest BCUT2D eigenvalue weighted by atomic mass is 32.2. The smallest absolute Gasteiger partial charge is 0.209 e. The van der Waals surface area contributed by atoms with Crippen LogP contribution in [0.5, 0.6) is 0 Å². The lowest BCUT2D eigenvalue weighted by Crippen LogP contribution is -2.50. The van der Waals surface area contributed by atoms with E-state index in [9.17, 15) is 8.42 Å². The number of nitrogens with zero attached hydrogens (tertiary/aromatic N) is 2. The summed E-state index contributed by atoms with van der Waals surface area (Å²) in [6, 6.07) is 0.120. The van der Waals surface area contributed by atoms with E-state index >= 15 is 0 Å². The molecule has 0 aliphatic heterocycles. The quantitative estimate of drug-likeness (QED) is 0.808. The largest absolute Gasteiger partial charge is 0.308 e. The first-order valence-electron chi connectivity index (χ1n) is 6.23. The predicted octanol–water partition coefficient (Wildman–Crippen LogP) is 0.707. The molecule has 0 fully saturated rings. The van der Waals surface area contributed by atoms with Gasteiger partial charge in [-0.05, 0) is 27.7 Å². The second-order valence-electron chi connectivity index (χ2n) is 5.70. The van der Waals surface area contributed by atoms with Gasteiger partial charge in [-0.2, -0.15) is 5.10 Å². The number of nitrogens with one attached hydrogen (secondary N) is 2. The molecule has 1 atom stereocenters. The van der Waals surface area contributed by atoms with E-state index < -0.39 is 15.6 Å². The lowest BCUT2D eigenvalue weighted by molar-refractivity contribution is 0.398. The summed E-state index contributed by atoms with van der Waals surface area (Å²) in [5.74, 6) is 0. The number of hydrogen-bond acceptors (Lipinski definition) is 4. The maximum atomic E-state index is 11.3. The molecule has 6 nitrogen and oxygen atoms in total. The summed E-state index contributed by atoms with van der Waals surface area (Å²) in [6.07, 6.45) is 3.15. The van der Waals surface area contributed by atoms with Crippen LogP contribution >= 0.6 is 0 Å². The first-order valence-corrected chi connectivity index (χ1v) is 8.12. The van der Waals surface area contributed by atoms with Gasteiger partial charge in [0.2, 0.25) is 10.0 Å². The van der Waals surface area contributed by atoms with E-state index in [0.717, 1.165) is 11.3 Å². The Morgan fingerprint density at radius 2 is 2.05 bits per heavy atom. The fourth-order valence-corrected chi connectivity index (χ4v) is 3.18. The molecule has 7 heteroatoms. The third-order valence-electron chi connectivity index (χ3n) is 2.83. The second-order valence-corrected chi connectivity index (χ2v) is 7.45. The Balaban J connectivity index is 2.64. The van der Waals surface area contributed by atoms with Crippen molar-refractivity contribution in [2.75, 3.05) is 12.8 Å². The summed E-state index contributed by atoms with van der Waals surface area (Å²) >= 11 is 0. The fourth-order valence-electron chi connectivity index (χ4n) is 2.10. The number of aromatic nitrogens is 2. The van der Waals surface area contributed by atoms with Crippen LogP contribution in [0.1, 0.15) is 38.1 Å². The number of hydrogen-bond donors (Lipinski definition) is 2.